The Morgan fingerprint density at radius 1 is 0.630 bits per heavy atom. The molecule has 0 spiro atoms. The van der Waals surface area contributed by atoms with Crippen LogP contribution in [0, 0.1) is 0 Å². The molecule has 0 aliphatic rings. The number of rotatable bonds is 20. The smallest absolute Gasteiger partial charge is 0.270 e. The van der Waals surface area contributed by atoms with Gasteiger partial charge in [-0.15, -0.1) is 0 Å². The quantitative estimate of drug-likeness (QED) is 0.175. The molecule has 0 aliphatic heterocycles. The van der Waals surface area contributed by atoms with Crippen molar-refractivity contribution in [3.63, 3.8) is 0 Å². The SMILES string of the molecule is CCCCCCCCCCCCCCCCCCC(O)C(CC)S(=O)(=O)O. The lowest BCUT2D eigenvalue weighted by Crippen LogP contribution is -2.33. The average molecular weight is 407 g/mol. The van der Waals surface area contributed by atoms with E-state index in [4.69, 9.17) is 4.55 Å². The van der Waals surface area contributed by atoms with E-state index < -0.39 is 21.5 Å². The van der Waals surface area contributed by atoms with E-state index >= 15 is 0 Å². The largest absolute Gasteiger partial charge is 0.392 e. The third-order valence-electron chi connectivity index (χ3n) is 5.57. The maximum absolute atomic E-state index is 11.2. The number of aliphatic hydroxyl groups excluding tert-OH is 1. The summed E-state index contributed by atoms with van der Waals surface area (Å²) >= 11 is 0. The van der Waals surface area contributed by atoms with E-state index in [1.165, 1.54) is 83.5 Å². The van der Waals surface area contributed by atoms with Gasteiger partial charge in [-0.3, -0.25) is 4.55 Å². The van der Waals surface area contributed by atoms with Crippen LogP contribution in [0.3, 0.4) is 0 Å². The third kappa shape index (κ3) is 16.5. The molecule has 0 bridgehead atoms. The van der Waals surface area contributed by atoms with Gasteiger partial charge in [0.1, 0.15) is 5.25 Å². The summed E-state index contributed by atoms with van der Waals surface area (Å²) in [5, 5.41) is 8.89. The van der Waals surface area contributed by atoms with Gasteiger partial charge < -0.3 is 5.11 Å². The van der Waals surface area contributed by atoms with Crippen molar-refractivity contribution in [3.05, 3.63) is 0 Å². The first-order valence-corrected chi connectivity index (χ1v) is 13.1. The van der Waals surface area contributed by atoms with Crippen LogP contribution >= 0.6 is 0 Å². The molecule has 0 aromatic heterocycles. The van der Waals surface area contributed by atoms with E-state index in [1.807, 2.05) is 0 Å². The lowest BCUT2D eigenvalue weighted by molar-refractivity contribution is 0.149. The molecule has 0 saturated heterocycles. The summed E-state index contributed by atoms with van der Waals surface area (Å²) in [6.45, 7) is 3.94. The van der Waals surface area contributed by atoms with Crippen molar-refractivity contribution in [2.45, 2.75) is 141 Å². The van der Waals surface area contributed by atoms with E-state index in [9.17, 15) is 13.5 Å². The predicted molar refractivity (Wildman–Crippen MR) is 116 cm³/mol. The summed E-state index contributed by atoms with van der Waals surface area (Å²) in [5.41, 5.74) is 0. The molecule has 0 fully saturated rings. The highest BCUT2D eigenvalue weighted by Gasteiger charge is 2.28. The molecule has 0 aromatic carbocycles. The van der Waals surface area contributed by atoms with Crippen LogP contribution in [0.1, 0.15) is 129 Å². The molecule has 164 valence electrons. The van der Waals surface area contributed by atoms with Gasteiger partial charge in [-0.05, 0) is 12.8 Å². The molecule has 0 amide bonds. The first kappa shape index (κ1) is 26.9. The van der Waals surface area contributed by atoms with Crippen molar-refractivity contribution < 1.29 is 18.1 Å². The molecular formula is C22H46O4S. The molecular weight excluding hydrogens is 360 g/mol. The van der Waals surface area contributed by atoms with Gasteiger partial charge in [0.25, 0.3) is 10.1 Å². The Balaban J connectivity index is 3.34. The van der Waals surface area contributed by atoms with Gasteiger partial charge in [0.2, 0.25) is 0 Å². The van der Waals surface area contributed by atoms with Gasteiger partial charge in [-0.25, -0.2) is 0 Å². The van der Waals surface area contributed by atoms with Crippen molar-refractivity contribution in [1.29, 1.82) is 0 Å². The molecule has 0 radical (unpaired) electrons. The molecule has 5 heteroatoms. The number of unbranched alkanes of at least 4 members (excludes halogenated alkanes) is 15. The fourth-order valence-electron chi connectivity index (χ4n) is 3.77. The number of hydrogen-bond donors (Lipinski definition) is 2. The number of hydrogen-bond acceptors (Lipinski definition) is 3. The van der Waals surface area contributed by atoms with Crippen LogP contribution in [0.15, 0.2) is 0 Å². The lowest BCUT2D eigenvalue weighted by atomic mass is 10.0. The van der Waals surface area contributed by atoms with Crippen molar-refractivity contribution >= 4 is 10.1 Å². The molecule has 0 heterocycles. The van der Waals surface area contributed by atoms with Gasteiger partial charge in [0, 0.05) is 0 Å². The van der Waals surface area contributed by atoms with Crippen LogP contribution in [0.2, 0.25) is 0 Å². The van der Waals surface area contributed by atoms with Gasteiger partial charge >= 0.3 is 0 Å². The molecule has 0 saturated carbocycles. The van der Waals surface area contributed by atoms with E-state index in [-0.39, 0.29) is 6.42 Å². The fourth-order valence-corrected chi connectivity index (χ4v) is 4.72. The molecule has 0 aliphatic carbocycles. The van der Waals surface area contributed by atoms with E-state index in [1.54, 1.807) is 6.92 Å². The summed E-state index contributed by atoms with van der Waals surface area (Å²) < 4.78 is 31.4. The molecule has 2 N–H and O–H groups in total. The zero-order valence-electron chi connectivity index (χ0n) is 18.0. The first-order chi connectivity index (χ1) is 12.9. The molecule has 27 heavy (non-hydrogen) atoms. The van der Waals surface area contributed by atoms with Gasteiger partial charge in [0.15, 0.2) is 0 Å². The van der Waals surface area contributed by atoms with Gasteiger partial charge in [-0.2, -0.15) is 8.42 Å². The highest BCUT2D eigenvalue weighted by atomic mass is 32.2. The van der Waals surface area contributed by atoms with Crippen LogP contribution in [0.4, 0.5) is 0 Å². The summed E-state index contributed by atoms with van der Waals surface area (Å²) in [4.78, 5) is 0. The summed E-state index contributed by atoms with van der Waals surface area (Å²) in [5.74, 6) is 0. The second-order valence-corrected chi connectivity index (χ2v) is 9.76. The average Bonchev–Trinajstić information content (AvgIpc) is 2.60. The summed E-state index contributed by atoms with van der Waals surface area (Å²) in [6, 6.07) is 0. The molecule has 0 rings (SSSR count). The van der Waals surface area contributed by atoms with E-state index in [2.05, 4.69) is 6.92 Å². The van der Waals surface area contributed by atoms with Gasteiger partial charge in [0.05, 0.1) is 6.10 Å². The maximum atomic E-state index is 11.2. The van der Waals surface area contributed by atoms with E-state index in [0.717, 1.165) is 19.3 Å². The fraction of sp³-hybridized carbons (Fsp3) is 1.00. The van der Waals surface area contributed by atoms with Crippen LogP contribution in [0.5, 0.6) is 0 Å². The standard InChI is InChI=1S/C22H46O4S/c1-3-5-6-7-8-9-10-11-12-13-14-15-16-17-18-19-20-21(23)22(4-2)27(24,25)26/h21-23H,3-20H2,1-2H3,(H,24,25,26). The van der Waals surface area contributed by atoms with E-state index in [0.29, 0.717) is 6.42 Å². The highest BCUT2D eigenvalue weighted by molar-refractivity contribution is 7.86. The monoisotopic (exact) mass is 406 g/mol. The first-order valence-electron chi connectivity index (χ1n) is 11.6. The Morgan fingerprint density at radius 2 is 0.963 bits per heavy atom. The van der Waals surface area contributed by atoms with Gasteiger partial charge in [-0.1, -0.05) is 117 Å². The Labute approximate surface area is 169 Å². The lowest BCUT2D eigenvalue weighted by Gasteiger charge is -2.18. The molecule has 0 aromatic rings. The third-order valence-corrected chi connectivity index (χ3v) is 6.98. The maximum Gasteiger partial charge on any atom is 0.270 e. The normalized spacial score (nSPS) is 14.4. The van der Waals surface area contributed by atoms with Crippen LogP contribution in [0.25, 0.3) is 0 Å². The molecule has 2 unspecified atom stereocenters. The minimum absolute atomic E-state index is 0.249. The predicted octanol–water partition coefficient (Wildman–Crippen LogP) is 6.67. The number of aliphatic hydroxyl groups is 1. The van der Waals surface area contributed by atoms with Crippen molar-refractivity contribution in [1.82, 2.24) is 0 Å². The zero-order chi connectivity index (χ0) is 20.4. The summed E-state index contributed by atoms with van der Waals surface area (Å²) in [6.07, 6.45) is 20.5. The Kier molecular flexibility index (Phi) is 17.8. The Morgan fingerprint density at radius 3 is 1.26 bits per heavy atom. The molecule has 2 atom stereocenters. The highest BCUT2D eigenvalue weighted by Crippen LogP contribution is 2.17. The zero-order valence-corrected chi connectivity index (χ0v) is 18.8. The van der Waals surface area contributed by atoms with Crippen LogP contribution in [-0.2, 0) is 10.1 Å². The minimum atomic E-state index is -4.14. The topological polar surface area (TPSA) is 74.6 Å². The van der Waals surface area contributed by atoms with Crippen LogP contribution in [-0.4, -0.2) is 29.4 Å². The second kappa shape index (κ2) is 17.9. The van der Waals surface area contributed by atoms with Crippen molar-refractivity contribution in [2.75, 3.05) is 0 Å². The van der Waals surface area contributed by atoms with Crippen molar-refractivity contribution in [2.24, 2.45) is 0 Å². The Hall–Kier alpha value is -0.130. The van der Waals surface area contributed by atoms with Crippen LogP contribution < -0.4 is 0 Å². The summed E-state index contributed by atoms with van der Waals surface area (Å²) in [7, 11) is -4.14. The molecule has 4 nitrogen and oxygen atoms in total. The Bertz CT molecular complexity index is 409. The second-order valence-electron chi connectivity index (χ2n) is 8.12. The van der Waals surface area contributed by atoms with Crippen molar-refractivity contribution in [3.8, 4) is 0 Å². The minimum Gasteiger partial charge on any atom is -0.392 e.